The van der Waals surface area contributed by atoms with Crippen LogP contribution in [-0.4, -0.2) is 18.5 Å². The van der Waals surface area contributed by atoms with Crippen LogP contribution in [-0.2, 0) is 20.5 Å². The van der Waals surface area contributed by atoms with Gasteiger partial charge in [-0.2, -0.15) is 13.2 Å². The predicted octanol–water partition coefficient (Wildman–Crippen LogP) is 4.67. The summed E-state index contributed by atoms with van der Waals surface area (Å²) < 4.78 is 43.9. The number of hydrogen-bond acceptors (Lipinski definition) is 3. The smallest absolute Gasteiger partial charge is 0.418 e. The fourth-order valence-electron chi connectivity index (χ4n) is 4.11. The van der Waals surface area contributed by atoms with Gasteiger partial charge >= 0.3 is 12.1 Å². The van der Waals surface area contributed by atoms with Crippen LogP contribution in [0.5, 0.6) is 0 Å². The van der Waals surface area contributed by atoms with Gasteiger partial charge in [-0.05, 0) is 49.1 Å². The number of hydrogen-bond donors (Lipinski definition) is 1. The summed E-state index contributed by atoms with van der Waals surface area (Å²) in [6, 6.07) is 3.21. The maximum absolute atomic E-state index is 13.0. The lowest BCUT2D eigenvalue weighted by molar-refractivity contribution is -0.148. The second-order valence-electron chi connectivity index (χ2n) is 7.01. The van der Waals surface area contributed by atoms with Crippen molar-refractivity contribution in [3.63, 3.8) is 0 Å². The van der Waals surface area contributed by atoms with E-state index in [-0.39, 0.29) is 11.4 Å². The summed E-state index contributed by atoms with van der Waals surface area (Å²) in [7, 11) is 0. The minimum atomic E-state index is -4.66. The van der Waals surface area contributed by atoms with Gasteiger partial charge in [0.05, 0.1) is 16.3 Å². The summed E-state index contributed by atoms with van der Waals surface area (Å²) in [5.41, 5.74) is -1.58. The van der Waals surface area contributed by atoms with Gasteiger partial charge in [0.1, 0.15) is 0 Å². The van der Waals surface area contributed by atoms with Crippen molar-refractivity contribution in [3.05, 3.63) is 28.8 Å². The zero-order chi connectivity index (χ0) is 18.9. The van der Waals surface area contributed by atoms with E-state index in [1.165, 1.54) is 12.5 Å². The molecule has 0 spiro atoms. The average Bonchev–Trinajstić information content (AvgIpc) is 3.16. The molecular formula is C18H19ClF3NO3. The molecule has 3 atom stereocenters. The van der Waals surface area contributed by atoms with Crippen molar-refractivity contribution < 1.29 is 27.5 Å². The Morgan fingerprint density at radius 2 is 2.00 bits per heavy atom. The molecule has 0 unspecified atom stereocenters. The van der Waals surface area contributed by atoms with E-state index in [0.29, 0.717) is 17.8 Å². The number of carbonyl (C=O) groups excluding carboxylic acids is 2. The molecule has 4 nitrogen and oxygen atoms in total. The maximum atomic E-state index is 13.0. The van der Waals surface area contributed by atoms with Crippen LogP contribution in [0.15, 0.2) is 18.2 Å². The Morgan fingerprint density at radius 3 is 2.62 bits per heavy atom. The summed E-state index contributed by atoms with van der Waals surface area (Å²) >= 11 is 5.77. The number of benzene rings is 1. The molecule has 0 saturated heterocycles. The monoisotopic (exact) mass is 389 g/mol. The molecule has 0 aliphatic heterocycles. The number of esters is 1. The van der Waals surface area contributed by atoms with Gasteiger partial charge in [0.25, 0.3) is 5.91 Å². The van der Waals surface area contributed by atoms with Crippen LogP contribution in [0.1, 0.15) is 37.7 Å². The van der Waals surface area contributed by atoms with Crippen molar-refractivity contribution in [3.8, 4) is 0 Å². The normalized spacial score (nSPS) is 24.5. The summed E-state index contributed by atoms with van der Waals surface area (Å²) in [5.74, 6) is 0.198. The lowest BCUT2D eigenvalue weighted by atomic mass is 9.86. The van der Waals surface area contributed by atoms with Crippen molar-refractivity contribution in [1.29, 1.82) is 0 Å². The first-order chi connectivity index (χ1) is 12.2. The van der Waals surface area contributed by atoms with Crippen LogP contribution in [0.4, 0.5) is 18.9 Å². The molecule has 2 aliphatic carbocycles. The van der Waals surface area contributed by atoms with Gasteiger partial charge < -0.3 is 10.1 Å². The molecule has 2 saturated carbocycles. The molecule has 0 aromatic heterocycles. The second-order valence-corrected chi connectivity index (χ2v) is 7.42. The van der Waals surface area contributed by atoms with E-state index in [4.69, 9.17) is 16.3 Å². The van der Waals surface area contributed by atoms with Crippen molar-refractivity contribution >= 4 is 29.2 Å². The largest absolute Gasteiger partial charge is 0.456 e. The average molecular weight is 390 g/mol. The Morgan fingerprint density at radius 1 is 1.23 bits per heavy atom. The van der Waals surface area contributed by atoms with E-state index in [9.17, 15) is 22.8 Å². The molecule has 142 valence electrons. The van der Waals surface area contributed by atoms with E-state index in [0.717, 1.165) is 31.4 Å². The number of fused-ring (bicyclic) bond motifs is 2. The first kappa shape index (κ1) is 19.0. The highest BCUT2D eigenvalue weighted by atomic mass is 35.5. The standard InChI is InChI=1S/C18H19ClF3NO3/c19-14-3-1-2-13(18(20,21)22)17(14)23-15(24)9-26-16(25)8-12-7-10-4-5-11(12)6-10/h1-3,10-12H,4-9H2,(H,23,24)/t10-,11+,12-/m0/s1. The molecule has 1 aromatic rings. The molecule has 8 heteroatoms. The van der Waals surface area contributed by atoms with Crippen molar-refractivity contribution in [2.24, 2.45) is 17.8 Å². The van der Waals surface area contributed by atoms with Gasteiger partial charge in [0, 0.05) is 6.42 Å². The topological polar surface area (TPSA) is 55.4 Å². The molecule has 2 fully saturated rings. The molecule has 3 rings (SSSR count). The fourth-order valence-corrected chi connectivity index (χ4v) is 4.33. The van der Waals surface area contributed by atoms with Crippen LogP contribution >= 0.6 is 11.6 Å². The highest BCUT2D eigenvalue weighted by Crippen LogP contribution is 2.49. The lowest BCUT2D eigenvalue weighted by Crippen LogP contribution is -2.24. The van der Waals surface area contributed by atoms with Gasteiger partial charge in [-0.15, -0.1) is 0 Å². The van der Waals surface area contributed by atoms with Gasteiger partial charge in [0.15, 0.2) is 6.61 Å². The summed E-state index contributed by atoms with van der Waals surface area (Å²) in [5, 5.41) is 1.86. The maximum Gasteiger partial charge on any atom is 0.418 e. The Labute approximate surface area is 154 Å². The molecule has 1 amide bonds. The van der Waals surface area contributed by atoms with Crippen LogP contribution in [0.25, 0.3) is 0 Å². The summed E-state index contributed by atoms with van der Waals surface area (Å²) in [6.45, 7) is -0.637. The third-order valence-electron chi connectivity index (χ3n) is 5.26. The van der Waals surface area contributed by atoms with Crippen molar-refractivity contribution in [2.75, 3.05) is 11.9 Å². The minimum absolute atomic E-state index is 0.235. The van der Waals surface area contributed by atoms with E-state index in [1.54, 1.807) is 0 Å². The molecular weight excluding hydrogens is 371 g/mol. The predicted molar refractivity (Wildman–Crippen MR) is 89.6 cm³/mol. The first-order valence-corrected chi connectivity index (χ1v) is 8.93. The summed E-state index contributed by atoms with van der Waals surface area (Å²) in [6.07, 6.45) is 0.125. The number of amides is 1. The lowest BCUT2D eigenvalue weighted by Gasteiger charge is -2.20. The number of rotatable bonds is 5. The SMILES string of the molecule is O=C(COC(=O)C[C@@H]1C[C@H]2CC[C@@H]1C2)Nc1c(Cl)cccc1C(F)(F)F. The van der Waals surface area contributed by atoms with E-state index in [2.05, 4.69) is 5.32 Å². The van der Waals surface area contributed by atoms with Crippen LogP contribution in [0.2, 0.25) is 5.02 Å². The van der Waals surface area contributed by atoms with Gasteiger partial charge in [-0.3, -0.25) is 9.59 Å². The number of anilines is 1. The van der Waals surface area contributed by atoms with Crippen molar-refractivity contribution in [2.45, 2.75) is 38.3 Å². The number of ether oxygens (including phenoxy) is 1. The number of alkyl halides is 3. The Hall–Kier alpha value is -1.76. The molecule has 2 aliphatic rings. The second kappa shape index (κ2) is 7.47. The number of halogens is 4. The molecule has 2 bridgehead atoms. The van der Waals surface area contributed by atoms with E-state index >= 15 is 0 Å². The highest BCUT2D eigenvalue weighted by molar-refractivity contribution is 6.34. The Bertz CT molecular complexity index is 707. The van der Waals surface area contributed by atoms with E-state index in [1.807, 2.05) is 0 Å². The molecule has 1 N–H and O–H groups in total. The zero-order valence-corrected chi connectivity index (χ0v) is 14.7. The summed E-state index contributed by atoms with van der Waals surface area (Å²) in [4.78, 5) is 23.8. The highest BCUT2D eigenvalue weighted by Gasteiger charge is 2.40. The quantitative estimate of drug-likeness (QED) is 0.745. The molecule has 0 radical (unpaired) electrons. The van der Waals surface area contributed by atoms with Crippen molar-refractivity contribution in [1.82, 2.24) is 0 Å². The fraction of sp³-hybridized carbons (Fsp3) is 0.556. The van der Waals surface area contributed by atoms with Gasteiger partial charge in [0.2, 0.25) is 0 Å². The van der Waals surface area contributed by atoms with Gasteiger partial charge in [-0.25, -0.2) is 0 Å². The Kier molecular flexibility index (Phi) is 5.46. The van der Waals surface area contributed by atoms with E-state index < -0.39 is 35.9 Å². The first-order valence-electron chi connectivity index (χ1n) is 8.55. The minimum Gasteiger partial charge on any atom is -0.456 e. The third-order valence-corrected chi connectivity index (χ3v) is 5.58. The number of nitrogens with one attached hydrogen (secondary N) is 1. The number of carbonyl (C=O) groups is 2. The van der Waals surface area contributed by atoms with Crippen LogP contribution < -0.4 is 5.32 Å². The van der Waals surface area contributed by atoms with Gasteiger partial charge in [-0.1, -0.05) is 24.1 Å². The third kappa shape index (κ3) is 4.31. The zero-order valence-electron chi connectivity index (χ0n) is 13.9. The Balaban J connectivity index is 1.52. The number of para-hydroxylation sites is 1. The van der Waals surface area contributed by atoms with Crippen LogP contribution in [0.3, 0.4) is 0 Å². The van der Waals surface area contributed by atoms with Crippen LogP contribution in [0, 0.1) is 17.8 Å². The molecule has 1 aromatic carbocycles. The molecule has 0 heterocycles. The molecule has 26 heavy (non-hydrogen) atoms.